The third-order valence-corrected chi connectivity index (χ3v) is 31.6. The van der Waals surface area contributed by atoms with Gasteiger partial charge in [-0.05, 0) is 62.6 Å². The smallest absolute Gasteiger partial charge is 0.334 e. The first-order valence-electron chi connectivity index (χ1n) is 33.6. The molecule has 23 nitrogen and oxygen atoms in total. The monoisotopic (exact) mass is 2020 g/mol. The number of hydrogen-bond donors (Lipinski definition) is 7. The SMILES string of the molecule is CO.COO.COP(N=C=O)OC.COP1(=O)N(C)C(=O)NC1(c1ccccc1)c1ccccc1.COP1(=O)N(C)C(=S)NC1(c1ccccc1)c1ccccc1.COP1(=O)N(C)C(N)=NC1(c1ccccc1)c1ccccc1.CP.ClCCl.N.N=C(c1ccccc1)c1ccccc1.PC(P)(P)P.PC(P)P.PCP.PPC(P)(P)P. The molecule has 0 spiro atoms. The quantitative estimate of drug-likeness (QED) is 0.00953. The highest BCUT2D eigenvalue weighted by atomic mass is 35.5. The Hall–Kier alpha value is -1.17. The van der Waals surface area contributed by atoms with E-state index in [0.29, 0.717) is 16.0 Å². The van der Waals surface area contributed by atoms with Crippen molar-refractivity contribution in [2.45, 2.75) is 29.7 Å². The number of isocyanates is 1. The molecule has 3 aliphatic heterocycles. The van der Waals surface area contributed by atoms with Gasteiger partial charge in [-0.3, -0.25) is 38.4 Å². The lowest BCUT2D eigenvalue weighted by Crippen LogP contribution is -2.39. The molecule has 3 heterocycles. The molecule has 18 unspecified atom stereocenters. The summed E-state index contributed by atoms with van der Waals surface area (Å²) in [4.78, 5) is 29.6. The lowest BCUT2D eigenvalue weighted by molar-refractivity contribution is -0.214. The number of benzene rings is 8. The first kappa shape index (κ1) is 120. The highest BCUT2D eigenvalue weighted by Gasteiger charge is 2.64. The predicted molar refractivity (Wildman–Crippen MR) is 556 cm³/mol. The fraction of sp³-hybridized carbons (Fsp3) is 0.264. The van der Waals surface area contributed by atoms with E-state index in [1.54, 1.807) is 18.8 Å². The molecule has 10 N–H and O–H groups in total. The highest BCUT2D eigenvalue weighted by Crippen LogP contribution is 2.73. The Bertz CT molecular complexity index is 3950. The molecule has 648 valence electrons. The van der Waals surface area contributed by atoms with Gasteiger partial charge in [-0.15, -0.1) is 157 Å². The number of alkyl halides is 2. The van der Waals surface area contributed by atoms with Crippen molar-refractivity contribution >= 4 is 233 Å². The molecule has 18 atom stereocenters. The van der Waals surface area contributed by atoms with Crippen molar-refractivity contribution in [3.63, 3.8) is 0 Å². The van der Waals surface area contributed by atoms with Crippen LogP contribution in [0.1, 0.15) is 44.5 Å². The lowest BCUT2D eigenvalue weighted by Gasteiger charge is -2.35. The molecule has 0 saturated carbocycles. The molecule has 0 bridgehead atoms. The van der Waals surface area contributed by atoms with E-state index >= 15 is 0 Å². The van der Waals surface area contributed by atoms with Crippen LogP contribution in [0.4, 0.5) is 4.79 Å². The minimum atomic E-state index is -3.51. The van der Waals surface area contributed by atoms with Gasteiger partial charge in [-0.1, -0.05) is 258 Å². The molecule has 8 aromatic rings. The molecule has 45 heteroatoms. The van der Waals surface area contributed by atoms with Gasteiger partial charge in [0.1, 0.15) is 0 Å². The number of carbonyl (C=O) groups is 1. The maximum atomic E-state index is 13.7. The number of nitrogens with two attached hydrogens (primary N) is 1. The number of rotatable bonds is 15. The van der Waals surface area contributed by atoms with Gasteiger partial charge in [0.25, 0.3) is 0 Å². The van der Waals surface area contributed by atoms with Gasteiger partial charge in [0.15, 0.2) is 21.6 Å². The summed E-state index contributed by atoms with van der Waals surface area (Å²) in [6, 6.07) is 75.9. The second-order valence-corrected chi connectivity index (χ2v) is 56.1. The minimum absolute atomic E-state index is 0. The Morgan fingerprint density at radius 3 is 1.03 bits per heavy atom. The first-order valence-corrected chi connectivity index (χ1v) is 52.6. The van der Waals surface area contributed by atoms with E-state index in [1.165, 1.54) is 65.1 Å². The van der Waals surface area contributed by atoms with Crippen LogP contribution in [0.2, 0.25) is 0 Å². The maximum absolute atomic E-state index is 13.7. The molecule has 0 radical (unpaired) electrons. The zero-order valence-electron chi connectivity index (χ0n) is 67.0. The molecule has 2 fully saturated rings. The van der Waals surface area contributed by atoms with Gasteiger partial charge in [-0.25, -0.2) is 19.5 Å². The van der Waals surface area contributed by atoms with Gasteiger partial charge in [0, 0.05) is 77.7 Å². The molecule has 11 rings (SSSR count). The molecule has 8 aromatic carbocycles. The van der Waals surface area contributed by atoms with E-state index in [2.05, 4.69) is 163 Å². The second-order valence-electron chi connectivity index (χ2n) is 22.4. The zero-order valence-corrected chi connectivity index (χ0v) is 90.1. The van der Waals surface area contributed by atoms with E-state index < -0.39 is 53.0 Å². The minimum Gasteiger partial charge on any atom is -0.400 e. The number of aliphatic hydroxyl groups is 1. The molecule has 2 saturated heterocycles. The van der Waals surface area contributed by atoms with E-state index in [4.69, 9.17) is 70.5 Å². The maximum Gasteiger partial charge on any atom is 0.334 e. The summed E-state index contributed by atoms with van der Waals surface area (Å²) in [7, 11) is 39.9. The van der Waals surface area contributed by atoms with Crippen LogP contribution in [0.15, 0.2) is 252 Å². The number of amides is 2. The zero-order chi connectivity index (χ0) is 89.0. The number of thiocarbonyl (C=S) groups is 1. The number of carbonyl (C=O) groups excluding carboxylic acids is 2. The van der Waals surface area contributed by atoms with E-state index in [9.17, 15) is 23.3 Å². The number of aliphatic imine (C=N–C) groups is 1. The van der Waals surface area contributed by atoms with Gasteiger partial charge in [-0.2, -0.15) is 0 Å². The summed E-state index contributed by atoms with van der Waals surface area (Å²) in [5, 5.41) is 26.0. The van der Waals surface area contributed by atoms with Crippen LogP contribution in [0.3, 0.4) is 0 Å². The molecule has 2 amide bonds. The van der Waals surface area contributed by atoms with Gasteiger partial charge in [0.2, 0.25) is 11.4 Å². The number of urea groups is 1. The Balaban J connectivity index is -0.00000131. The largest absolute Gasteiger partial charge is 0.400 e. The van der Waals surface area contributed by atoms with Gasteiger partial charge < -0.3 is 50.2 Å². The van der Waals surface area contributed by atoms with Crippen molar-refractivity contribution in [3.8, 4) is 0 Å². The summed E-state index contributed by atoms with van der Waals surface area (Å²) in [5.74, 6) is 1.29. The summed E-state index contributed by atoms with van der Waals surface area (Å²) in [5.41, 5.74) is 13.2. The van der Waals surface area contributed by atoms with Crippen LogP contribution in [0.5, 0.6) is 0 Å². The molecule has 117 heavy (non-hydrogen) atoms. The number of nitrogens with zero attached hydrogens (tertiary/aromatic N) is 5. The van der Waals surface area contributed by atoms with Crippen molar-refractivity contribution in [2.75, 3.05) is 88.8 Å². The van der Waals surface area contributed by atoms with E-state index in [-0.39, 0.29) is 26.2 Å². The number of nitrogens with one attached hydrogen (secondary N) is 3. The van der Waals surface area contributed by atoms with Gasteiger partial charge >= 0.3 is 37.1 Å². The van der Waals surface area contributed by atoms with Crippen LogP contribution in [0.25, 0.3) is 0 Å². The Morgan fingerprint density at radius 2 is 0.803 bits per heavy atom. The standard InChI is InChI=1S/C16H18N3O2P.C16H17N2O3P.C16H17N2O2PS.C13H11N.C3H6NO3P.CH2Cl2.CH4O2.CH4O.CH9P5.CH8P4.CH7P3.CH6P2.CH5P.H3N/c1-19-15(17)18-16(22(19,20)21-2,13-9-5-3-6-10-13)14-11-7-4-8-12-14;1-18-15(19)17-16(22(18,20)21-2,13-9-5-3-6-10-13)14-11-7-4-8-12-14;1-18-15(22)17-16(21(18,19)20-2,13-9-5-3-6-10-13)14-11-7-4-8-12-14;14-13(11-7-3-1-4-8-11)12-9-5-2-6-10-12;1-6-8(7-2)4-3-5;2-1-3;1-3-2;1-2;2-1(3,4)6-5;2-1(3,4)5;2-1(3)4;2-1-3;1-2;/h3-12H,1-2H3,(H2,17,18);3-12H,1-2H3,(H,17,19);3-12H,1-2H3,(H,17,22);1-10,14H;1-2H3;1H2;2H,1H3;2H,1H3;6H,2-5H2;2-5H2;1H,2-4H2;1-3H2;2H2,1H3;1H3. The third-order valence-electron chi connectivity index (χ3n) is 14.9. The average Bonchev–Trinajstić information content (AvgIpc) is 1.59. The molecular weight excluding hydrogens is 1900 g/mol. The van der Waals surface area contributed by atoms with Crippen molar-refractivity contribution in [3.05, 3.63) is 287 Å². The number of guanidine groups is 1. The van der Waals surface area contributed by atoms with Crippen molar-refractivity contribution in [2.24, 2.45) is 15.5 Å². The van der Waals surface area contributed by atoms with Crippen molar-refractivity contribution in [1.29, 1.82) is 5.41 Å². The number of aliphatic hydroxyl groups excluding tert-OH is 1. The van der Waals surface area contributed by atoms with E-state index in [1.807, 2.05) is 249 Å². The Morgan fingerprint density at radius 1 is 0.573 bits per heavy atom. The van der Waals surface area contributed by atoms with Crippen LogP contribution in [0, 0.1) is 5.41 Å². The molecule has 0 aromatic heterocycles. The third kappa shape index (κ3) is 37.4. The fourth-order valence-corrected chi connectivity index (χ4v) is 18.5. The summed E-state index contributed by atoms with van der Waals surface area (Å²) in [6.45, 7) is 1.92. The topological polar surface area (TPSA) is 325 Å². The molecule has 3 aliphatic rings. The Kier molecular flexibility index (Phi) is 66.2. The predicted octanol–water partition coefficient (Wildman–Crippen LogP) is 20.0. The fourth-order valence-electron chi connectivity index (χ4n) is 10.2. The van der Waals surface area contributed by atoms with Crippen LogP contribution in [-0.4, -0.2) is 156 Å². The first-order chi connectivity index (χ1) is 54.9. The second kappa shape index (κ2) is 64.5. The summed E-state index contributed by atoms with van der Waals surface area (Å²) >= 11 is 14.9. The van der Waals surface area contributed by atoms with Crippen molar-refractivity contribution in [1.82, 2.24) is 30.8 Å². The molecule has 0 aliphatic carbocycles. The highest BCUT2D eigenvalue weighted by molar-refractivity contribution is 8.11. The summed E-state index contributed by atoms with van der Waals surface area (Å²) < 4.78 is 74.4. The van der Waals surface area contributed by atoms with Crippen LogP contribution < -0.4 is 22.5 Å². The number of halogens is 2. The van der Waals surface area contributed by atoms with E-state index in [0.717, 1.165) is 65.8 Å². The van der Waals surface area contributed by atoms with Crippen LogP contribution in [-0.2, 0) is 61.8 Å². The summed E-state index contributed by atoms with van der Waals surface area (Å²) in [6.07, 6.45) is 1.32. The van der Waals surface area contributed by atoms with Crippen molar-refractivity contribution < 1.29 is 61.2 Å². The molecular formula is C72H117Cl2N10O13P19S. The average molecular weight is 2020 g/mol. The Labute approximate surface area is 745 Å². The van der Waals surface area contributed by atoms with Gasteiger partial charge in [0.05, 0.1) is 18.2 Å². The number of hydrogen-bond acceptors (Lipinski definition) is 19. The lowest BCUT2D eigenvalue weighted by atomic mass is 9.98. The normalized spacial score (nSPS) is 17.1. The van der Waals surface area contributed by atoms with Crippen LogP contribution >= 0.6 is 204 Å².